The van der Waals surface area contributed by atoms with Crippen LogP contribution >= 0.6 is 0 Å². The van der Waals surface area contributed by atoms with Crippen molar-refractivity contribution in [3.8, 4) is 11.5 Å². The Hall–Kier alpha value is -2.53. The van der Waals surface area contributed by atoms with E-state index in [0.717, 1.165) is 16.9 Å². The van der Waals surface area contributed by atoms with E-state index in [-0.39, 0.29) is 0 Å². The summed E-state index contributed by atoms with van der Waals surface area (Å²) in [5.41, 5.74) is 2.30. The average Bonchev–Trinajstić information content (AvgIpc) is 2.56. The zero-order chi connectivity index (χ0) is 16.7. The molecule has 0 aliphatic heterocycles. The average molecular weight is 315 g/mol. The van der Waals surface area contributed by atoms with Gasteiger partial charge in [-0.25, -0.2) is 4.79 Å². The Morgan fingerprint density at radius 3 is 2.48 bits per heavy atom. The highest BCUT2D eigenvalue weighted by atomic mass is 16.5. The van der Waals surface area contributed by atoms with Crippen LogP contribution in [0.3, 0.4) is 0 Å². The quantitative estimate of drug-likeness (QED) is 0.783. The molecule has 0 aliphatic rings. The molecule has 0 amide bonds. The first-order valence-electron chi connectivity index (χ1n) is 7.46. The van der Waals surface area contributed by atoms with E-state index in [4.69, 9.17) is 14.6 Å². The number of carboxylic acids is 1. The molecule has 0 aliphatic carbocycles. The van der Waals surface area contributed by atoms with Crippen molar-refractivity contribution in [3.63, 3.8) is 0 Å². The van der Waals surface area contributed by atoms with Crippen molar-refractivity contribution in [1.82, 2.24) is 5.32 Å². The smallest absolute Gasteiger partial charge is 0.335 e. The van der Waals surface area contributed by atoms with Crippen LogP contribution < -0.4 is 14.8 Å². The van der Waals surface area contributed by atoms with Crippen molar-refractivity contribution in [2.24, 2.45) is 0 Å². The van der Waals surface area contributed by atoms with Crippen LogP contribution in [-0.2, 0) is 13.1 Å². The molecule has 0 fully saturated rings. The van der Waals surface area contributed by atoms with Crippen molar-refractivity contribution in [2.45, 2.75) is 20.0 Å². The molecule has 2 aromatic carbocycles. The molecule has 0 bridgehead atoms. The maximum atomic E-state index is 11.0. The van der Waals surface area contributed by atoms with E-state index in [9.17, 15) is 4.79 Å². The van der Waals surface area contributed by atoms with Crippen LogP contribution in [-0.4, -0.2) is 24.8 Å². The third kappa shape index (κ3) is 4.72. The maximum absolute atomic E-state index is 11.0. The summed E-state index contributed by atoms with van der Waals surface area (Å²) >= 11 is 0. The lowest BCUT2D eigenvalue weighted by atomic mass is 10.1. The molecule has 2 rings (SSSR count). The predicted molar refractivity (Wildman–Crippen MR) is 88.1 cm³/mol. The van der Waals surface area contributed by atoms with E-state index in [2.05, 4.69) is 5.32 Å². The van der Waals surface area contributed by atoms with Crippen LogP contribution in [0.2, 0.25) is 0 Å². The molecular weight excluding hydrogens is 294 g/mol. The SMILES string of the molecule is CCOc1ccc(CNCc2cccc(C(=O)O)c2)cc1OC. The summed E-state index contributed by atoms with van der Waals surface area (Å²) in [6.07, 6.45) is 0. The van der Waals surface area contributed by atoms with E-state index < -0.39 is 5.97 Å². The van der Waals surface area contributed by atoms with Crippen LogP contribution in [0.25, 0.3) is 0 Å². The molecule has 0 saturated carbocycles. The third-order valence-corrected chi connectivity index (χ3v) is 3.36. The van der Waals surface area contributed by atoms with Crippen LogP contribution in [0.15, 0.2) is 42.5 Å². The summed E-state index contributed by atoms with van der Waals surface area (Å²) in [4.78, 5) is 11.0. The van der Waals surface area contributed by atoms with E-state index in [0.29, 0.717) is 31.0 Å². The highest BCUT2D eigenvalue weighted by Crippen LogP contribution is 2.27. The van der Waals surface area contributed by atoms with Crippen LogP contribution in [0.1, 0.15) is 28.4 Å². The van der Waals surface area contributed by atoms with Gasteiger partial charge in [0, 0.05) is 13.1 Å². The number of aromatic carboxylic acids is 1. The van der Waals surface area contributed by atoms with Gasteiger partial charge in [-0.1, -0.05) is 18.2 Å². The predicted octanol–water partition coefficient (Wildman–Crippen LogP) is 3.08. The molecule has 0 saturated heterocycles. The first kappa shape index (κ1) is 16.8. The molecule has 0 unspecified atom stereocenters. The number of carbonyl (C=O) groups is 1. The Morgan fingerprint density at radius 2 is 1.83 bits per heavy atom. The molecule has 0 radical (unpaired) electrons. The first-order valence-corrected chi connectivity index (χ1v) is 7.46. The van der Waals surface area contributed by atoms with Gasteiger partial charge in [0.15, 0.2) is 11.5 Å². The molecule has 2 aromatic rings. The van der Waals surface area contributed by atoms with E-state index >= 15 is 0 Å². The largest absolute Gasteiger partial charge is 0.493 e. The van der Waals surface area contributed by atoms with Gasteiger partial charge in [-0.2, -0.15) is 0 Å². The fraction of sp³-hybridized carbons (Fsp3) is 0.278. The van der Waals surface area contributed by atoms with Gasteiger partial charge in [0.2, 0.25) is 0 Å². The molecule has 0 atom stereocenters. The molecule has 23 heavy (non-hydrogen) atoms. The van der Waals surface area contributed by atoms with Gasteiger partial charge in [-0.3, -0.25) is 0 Å². The summed E-state index contributed by atoms with van der Waals surface area (Å²) in [6.45, 7) is 3.77. The number of carboxylic acid groups (broad SMARTS) is 1. The Bertz CT molecular complexity index is 670. The van der Waals surface area contributed by atoms with Crippen molar-refractivity contribution in [3.05, 3.63) is 59.2 Å². The van der Waals surface area contributed by atoms with Crippen molar-refractivity contribution in [2.75, 3.05) is 13.7 Å². The number of benzene rings is 2. The van der Waals surface area contributed by atoms with E-state index in [1.807, 2.05) is 31.2 Å². The van der Waals surface area contributed by atoms with Gasteiger partial charge in [0.05, 0.1) is 19.3 Å². The van der Waals surface area contributed by atoms with Gasteiger partial charge in [0.1, 0.15) is 0 Å². The van der Waals surface area contributed by atoms with Crippen LogP contribution in [0.4, 0.5) is 0 Å². The summed E-state index contributed by atoms with van der Waals surface area (Å²) in [5.74, 6) is 0.523. The normalized spacial score (nSPS) is 10.3. The zero-order valence-corrected chi connectivity index (χ0v) is 13.3. The minimum atomic E-state index is -0.914. The summed E-state index contributed by atoms with van der Waals surface area (Å²) in [7, 11) is 1.62. The number of hydrogen-bond donors (Lipinski definition) is 2. The molecule has 5 heteroatoms. The number of ether oxygens (including phenoxy) is 2. The summed E-state index contributed by atoms with van der Waals surface area (Å²) in [5, 5.41) is 12.3. The Morgan fingerprint density at radius 1 is 1.09 bits per heavy atom. The Kier molecular flexibility index (Phi) is 6.00. The molecule has 0 heterocycles. The number of hydrogen-bond acceptors (Lipinski definition) is 4. The van der Waals surface area contributed by atoms with Crippen molar-refractivity contribution < 1.29 is 19.4 Å². The van der Waals surface area contributed by atoms with Crippen molar-refractivity contribution >= 4 is 5.97 Å². The summed E-state index contributed by atoms with van der Waals surface area (Å²) in [6, 6.07) is 12.7. The topological polar surface area (TPSA) is 67.8 Å². The second-order valence-corrected chi connectivity index (χ2v) is 5.03. The van der Waals surface area contributed by atoms with Crippen molar-refractivity contribution in [1.29, 1.82) is 0 Å². The van der Waals surface area contributed by atoms with Gasteiger partial charge >= 0.3 is 5.97 Å². The minimum absolute atomic E-state index is 0.298. The Labute approximate surface area is 135 Å². The second-order valence-electron chi connectivity index (χ2n) is 5.03. The Balaban J connectivity index is 1.96. The van der Waals surface area contributed by atoms with E-state index in [1.54, 1.807) is 25.3 Å². The fourth-order valence-corrected chi connectivity index (χ4v) is 2.26. The highest BCUT2D eigenvalue weighted by Gasteiger charge is 2.06. The first-order chi connectivity index (χ1) is 11.1. The van der Waals surface area contributed by atoms with Gasteiger partial charge < -0.3 is 19.9 Å². The molecule has 122 valence electrons. The highest BCUT2D eigenvalue weighted by molar-refractivity contribution is 5.87. The maximum Gasteiger partial charge on any atom is 0.335 e. The van der Waals surface area contributed by atoms with Crippen LogP contribution in [0, 0.1) is 0 Å². The van der Waals surface area contributed by atoms with Gasteiger partial charge in [0.25, 0.3) is 0 Å². The van der Waals surface area contributed by atoms with Gasteiger partial charge in [-0.05, 0) is 42.3 Å². The number of rotatable bonds is 8. The fourth-order valence-electron chi connectivity index (χ4n) is 2.26. The van der Waals surface area contributed by atoms with Gasteiger partial charge in [-0.15, -0.1) is 0 Å². The molecular formula is C18H21NO4. The molecule has 0 spiro atoms. The second kappa shape index (κ2) is 8.19. The van der Waals surface area contributed by atoms with Crippen LogP contribution in [0.5, 0.6) is 11.5 Å². The lowest BCUT2D eigenvalue weighted by molar-refractivity contribution is 0.0696. The molecule has 5 nitrogen and oxygen atoms in total. The van der Waals surface area contributed by atoms with E-state index in [1.165, 1.54) is 0 Å². The number of methoxy groups -OCH3 is 1. The summed E-state index contributed by atoms with van der Waals surface area (Å²) < 4.78 is 10.8. The zero-order valence-electron chi connectivity index (χ0n) is 13.3. The number of nitrogens with one attached hydrogen (secondary N) is 1. The lowest BCUT2D eigenvalue weighted by Crippen LogP contribution is -2.13. The standard InChI is InChI=1S/C18H21NO4/c1-3-23-16-8-7-14(10-17(16)22-2)12-19-11-13-5-4-6-15(9-13)18(20)21/h4-10,19H,3,11-12H2,1-2H3,(H,20,21). The lowest BCUT2D eigenvalue weighted by Gasteiger charge is -2.11. The minimum Gasteiger partial charge on any atom is -0.493 e. The molecule has 0 aromatic heterocycles. The molecule has 2 N–H and O–H groups in total. The third-order valence-electron chi connectivity index (χ3n) is 3.36. The monoisotopic (exact) mass is 315 g/mol.